The van der Waals surface area contributed by atoms with Crippen LogP contribution in [0.5, 0.6) is 0 Å². The number of nitrogens with zero attached hydrogens (tertiary/aromatic N) is 3. The maximum atomic E-state index is 13.3. The van der Waals surface area contributed by atoms with E-state index in [2.05, 4.69) is 16.4 Å². The Hall–Kier alpha value is -2.63. The van der Waals surface area contributed by atoms with Crippen LogP contribution in [0.2, 0.25) is 0 Å². The number of imidazole rings is 1. The molecule has 2 aromatic rings. The fraction of sp³-hybridized carbons (Fsp3) is 0.476. The maximum Gasteiger partial charge on any atom is 0.294 e. The number of para-hydroxylation sites is 1. The molecule has 3 heterocycles. The lowest BCUT2D eigenvalue weighted by Gasteiger charge is -2.20. The highest BCUT2D eigenvalue weighted by Gasteiger charge is 2.32. The van der Waals surface area contributed by atoms with Crippen LogP contribution in [0.1, 0.15) is 65.5 Å². The number of carbonyl (C=O) groups excluding carboxylic acids is 2. The summed E-state index contributed by atoms with van der Waals surface area (Å²) in [4.78, 5) is 32.4. The molecule has 4 rings (SSSR count). The molecule has 6 heteroatoms. The number of fused-ring (bicyclic) bond motifs is 2. The monoisotopic (exact) mass is 366 g/mol. The molecular formula is C21H26N4O2. The van der Waals surface area contributed by atoms with Crippen LogP contribution in [-0.4, -0.2) is 34.0 Å². The van der Waals surface area contributed by atoms with Crippen LogP contribution in [0.4, 0.5) is 5.69 Å². The van der Waals surface area contributed by atoms with Crippen molar-refractivity contribution >= 4 is 17.5 Å². The van der Waals surface area contributed by atoms with E-state index in [1.165, 1.54) is 5.56 Å². The second kappa shape index (κ2) is 7.18. The van der Waals surface area contributed by atoms with Crippen molar-refractivity contribution in [2.75, 3.05) is 11.4 Å². The molecule has 0 saturated heterocycles. The summed E-state index contributed by atoms with van der Waals surface area (Å²) >= 11 is 0. The molecule has 6 nitrogen and oxygen atoms in total. The van der Waals surface area contributed by atoms with E-state index in [1.807, 2.05) is 36.6 Å². The Morgan fingerprint density at radius 1 is 1.19 bits per heavy atom. The molecule has 1 aromatic heterocycles. The van der Waals surface area contributed by atoms with Gasteiger partial charge in [0.25, 0.3) is 11.8 Å². The standard InChI is InChI=1S/C21H26N4O2/c1-3-14(2)22-20(26)18-17-10-6-7-12-24(17)19(23-18)21(27)25-13-11-15-8-4-5-9-16(15)25/h4-5,8-9,14H,3,6-7,10-13H2,1-2H3,(H,22,26). The van der Waals surface area contributed by atoms with E-state index < -0.39 is 0 Å². The number of carbonyl (C=O) groups is 2. The van der Waals surface area contributed by atoms with Gasteiger partial charge in [-0.3, -0.25) is 9.59 Å². The van der Waals surface area contributed by atoms with Crippen molar-refractivity contribution in [2.45, 2.75) is 58.5 Å². The van der Waals surface area contributed by atoms with Crippen molar-refractivity contribution in [3.8, 4) is 0 Å². The normalized spacial score (nSPS) is 16.6. The fourth-order valence-electron chi connectivity index (χ4n) is 3.95. The molecule has 0 aliphatic carbocycles. The third-order valence-corrected chi connectivity index (χ3v) is 5.65. The molecule has 27 heavy (non-hydrogen) atoms. The molecule has 2 aliphatic heterocycles. The zero-order chi connectivity index (χ0) is 19.0. The molecule has 142 valence electrons. The van der Waals surface area contributed by atoms with E-state index in [9.17, 15) is 9.59 Å². The Bertz CT molecular complexity index is 886. The van der Waals surface area contributed by atoms with Gasteiger partial charge in [0.2, 0.25) is 5.82 Å². The van der Waals surface area contributed by atoms with Gasteiger partial charge in [-0.25, -0.2) is 4.98 Å². The first-order valence-corrected chi connectivity index (χ1v) is 9.90. The second-order valence-corrected chi connectivity index (χ2v) is 7.46. The minimum absolute atomic E-state index is 0.0862. The first-order chi connectivity index (χ1) is 13.1. The van der Waals surface area contributed by atoms with Crippen molar-refractivity contribution in [1.82, 2.24) is 14.9 Å². The molecule has 2 amide bonds. The van der Waals surface area contributed by atoms with Crippen LogP contribution >= 0.6 is 0 Å². The van der Waals surface area contributed by atoms with Gasteiger partial charge in [0.1, 0.15) is 5.69 Å². The van der Waals surface area contributed by atoms with Crippen molar-refractivity contribution in [3.63, 3.8) is 0 Å². The summed E-state index contributed by atoms with van der Waals surface area (Å²) < 4.78 is 1.97. The number of nitrogens with one attached hydrogen (secondary N) is 1. The fourth-order valence-corrected chi connectivity index (χ4v) is 3.95. The van der Waals surface area contributed by atoms with Gasteiger partial charge in [-0.2, -0.15) is 0 Å². The molecule has 1 N–H and O–H groups in total. The van der Waals surface area contributed by atoms with Gasteiger partial charge in [-0.1, -0.05) is 25.1 Å². The Balaban J connectivity index is 1.69. The Labute approximate surface area is 159 Å². The average Bonchev–Trinajstić information content (AvgIpc) is 3.29. The van der Waals surface area contributed by atoms with Crippen LogP contribution in [0, 0.1) is 0 Å². The molecule has 0 fully saturated rings. The number of hydrogen-bond acceptors (Lipinski definition) is 3. The Morgan fingerprint density at radius 2 is 2.00 bits per heavy atom. The number of anilines is 1. The summed E-state index contributed by atoms with van der Waals surface area (Å²) in [7, 11) is 0. The van der Waals surface area contributed by atoms with Gasteiger partial charge in [0, 0.05) is 24.8 Å². The minimum Gasteiger partial charge on any atom is -0.348 e. The van der Waals surface area contributed by atoms with E-state index in [1.54, 1.807) is 4.90 Å². The smallest absolute Gasteiger partial charge is 0.294 e. The maximum absolute atomic E-state index is 13.3. The third-order valence-electron chi connectivity index (χ3n) is 5.65. The van der Waals surface area contributed by atoms with Gasteiger partial charge in [-0.05, 0) is 50.7 Å². The van der Waals surface area contributed by atoms with Gasteiger partial charge >= 0.3 is 0 Å². The van der Waals surface area contributed by atoms with E-state index in [-0.39, 0.29) is 17.9 Å². The summed E-state index contributed by atoms with van der Waals surface area (Å²) in [6.45, 7) is 5.42. The van der Waals surface area contributed by atoms with E-state index in [0.29, 0.717) is 18.1 Å². The first kappa shape index (κ1) is 17.8. The molecule has 0 bridgehead atoms. The second-order valence-electron chi connectivity index (χ2n) is 7.46. The molecule has 0 saturated carbocycles. The number of hydrogen-bond donors (Lipinski definition) is 1. The molecule has 1 aromatic carbocycles. The lowest BCUT2D eigenvalue weighted by molar-refractivity contribution is 0.0933. The average molecular weight is 366 g/mol. The van der Waals surface area contributed by atoms with Gasteiger partial charge in [-0.15, -0.1) is 0 Å². The van der Waals surface area contributed by atoms with Crippen LogP contribution in [0.15, 0.2) is 24.3 Å². The van der Waals surface area contributed by atoms with Crippen molar-refractivity contribution < 1.29 is 9.59 Å². The highest BCUT2D eigenvalue weighted by Crippen LogP contribution is 2.30. The zero-order valence-electron chi connectivity index (χ0n) is 16.0. The topological polar surface area (TPSA) is 67.2 Å². The van der Waals surface area contributed by atoms with Crippen molar-refractivity contribution in [3.05, 3.63) is 47.0 Å². The summed E-state index contributed by atoms with van der Waals surface area (Å²) in [5, 5.41) is 2.99. The van der Waals surface area contributed by atoms with Gasteiger partial charge in [0.15, 0.2) is 0 Å². The van der Waals surface area contributed by atoms with E-state index in [0.717, 1.165) is 50.0 Å². The van der Waals surface area contributed by atoms with Gasteiger partial charge < -0.3 is 14.8 Å². The van der Waals surface area contributed by atoms with Crippen LogP contribution in [0.25, 0.3) is 0 Å². The summed E-state index contributed by atoms with van der Waals surface area (Å²) in [6, 6.07) is 8.09. The Kier molecular flexibility index (Phi) is 4.72. The molecule has 1 atom stereocenters. The van der Waals surface area contributed by atoms with Crippen LogP contribution < -0.4 is 10.2 Å². The number of aromatic nitrogens is 2. The van der Waals surface area contributed by atoms with E-state index in [4.69, 9.17) is 0 Å². The first-order valence-electron chi connectivity index (χ1n) is 9.90. The SMILES string of the molecule is CCC(C)NC(=O)c1nc(C(=O)N2CCc3ccccc32)n2c1CCCC2. The minimum atomic E-state index is -0.170. The summed E-state index contributed by atoms with van der Waals surface area (Å²) in [6.07, 6.45) is 4.54. The zero-order valence-corrected chi connectivity index (χ0v) is 16.0. The van der Waals surface area contributed by atoms with Gasteiger partial charge in [0.05, 0.1) is 5.69 Å². The quantitative estimate of drug-likeness (QED) is 0.905. The largest absolute Gasteiger partial charge is 0.348 e. The number of benzene rings is 1. The Morgan fingerprint density at radius 3 is 2.81 bits per heavy atom. The highest BCUT2D eigenvalue weighted by atomic mass is 16.2. The summed E-state index contributed by atoms with van der Waals surface area (Å²) in [5.41, 5.74) is 3.47. The lowest BCUT2D eigenvalue weighted by Crippen LogP contribution is -2.33. The third kappa shape index (κ3) is 3.13. The molecule has 0 spiro atoms. The van der Waals surface area contributed by atoms with Crippen molar-refractivity contribution in [1.29, 1.82) is 0 Å². The van der Waals surface area contributed by atoms with E-state index >= 15 is 0 Å². The number of rotatable bonds is 4. The van der Waals surface area contributed by atoms with Crippen LogP contribution in [0.3, 0.4) is 0 Å². The summed E-state index contributed by atoms with van der Waals surface area (Å²) in [5.74, 6) is 0.122. The molecule has 2 aliphatic rings. The van der Waals surface area contributed by atoms with Crippen molar-refractivity contribution in [2.24, 2.45) is 0 Å². The predicted molar refractivity (Wildman–Crippen MR) is 104 cm³/mol. The lowest BCUT2D eigenvalue weighted by atomic mass is 10.1. The predicted octanol–water partition coefficient (Wildman–Crippen LogP) is 2.95. The highest BCUT2D eigenvalue weighted by molar-refractivity contribution is 6.06. The molecule has 1 unspecified atom stereocenters. The number of amides is 2. The molecule has 0 radical (unpaired) electrons. The van der Waals surface area contributed by atoms with Crippen LogP contribution in [-0.2, 0) is 19.4 Å². The molecular weight excluding hydrogens is 340 g/mol.